The number of ether oxygens (including phenoxy) is 1. The Kier molecular flexibility index (Phi) is 5.21. The summed E-state index contributed by atoms with van der Waals surface area (Å²) in [6.45, 7) is 2.70. The highest BCUT2D eigenvalue weighted by Gasteiger charge is 2.13. The summed E-state index contributed by atoms with van der Waals surface area (Å²) in [5.74, 6) is 0.529. The first kappa shape index (κ1) is 13.9. The van der Waals surface area contributed by atoms with Crippen molar-refractivity contribution in [1.82, 2.24) is 5.32 Å². The number of carbonyl (C=O) groups excluding carboxylic acids is 1. The summed E-state index contributed by atoms with van der Waals surface area (Å²) in [6.07, 6.45) is 3.65. The van der Waals surface area contributed by atoms with Crippen LogP contribution in [-0.4, -0.2) is 25.7 Å². The fourth-order valence-electron chi connectivity index (χ4n) is 2.43. The number of rotatable bonds is 5. The molecule has 0 atom stereocenters. The van der Waals surface area contributed by atoms with E-state index in [1.165, 1.54) is 12.8 Å². The number of nitrogens with one attached hydrogen (secondary N) is 1. The van der Waals surface area contributed by atoms with E-state index in [2.05, 4.69) is 5.32 Å². The third-order valence-electron chi connectivity index (χ3n) is 3.55. The molecule has 4 nitrogen and oxygen atoms in total. The van der Waals surface area contributed by atoms with Crippen molar-refractivity contribution < 1.29 is 9.53 Å². The van der Waals surface area contributed by atoms with Gasteiger partial charge in [-0.05, 0) is 56.0 Å². The number of esters is 1. The Hall–Kier alpha value is -1.55. The number of nitrogens with two attached hydrogens (primary N) is 1. The molecule has 1 aliphatic rings. The minimum absolute atomic E-state index is 0.167. The molecule has 1 aromatic carbocycles. The van der Waals surface area contributed by atoms with Gasteiger partial charge in [0.15, 0.2) is 0 Å². The molecular weight excluding hydrogens is 240 g/mol. The van der Waals surface area contributed by atoms with E-state index < -0.39 is 0 Å². The van der Waals surface area contributed by atoms with E-state index in [1.807, 2.05) is 24.3 Å². The fourth-order valence-corrected chi connectivity index (χ4v) is 2.43. The molecule has 4 heteroatoms. The van der Waals surface area contributed by atoms with Crippen molar-refractivity contribution in [2.75, 3.05) is 25.4 Å². The highest BCUT2D eigenvalue weighted by atomic mass is 16.5. The summed E-state index contributed by atoms with van der Waals surface area (Å²) in [5, 5.41) is 3.33. The number of benzene rings is 1. The van der Waals surface area contributed by atoms with Gasteiger partial charge in [-0.15, -0.1) is 0 Å². The van der Waals surface area contributed by atoms with Gasteiger partial charge >= 0.3 is 5.97 Å². The number of nitrogen functional groups attached to an aromatic ring is 1. The molecule has 0 aromatic heterocycles. The standard InChI is InChI=1S/C15H22N2O2/c16-14-3-1-2-13(10-14)11-15(18)19-9-6-12-4-7-17-8-5-12/h1-3,10,12,17H,4-9,11,16H2. The lowest BCUT2D eigenvalue weighted by Gasteiger charge is -2.22. The van der Waals surface area contributed by atoms with Gasteiger partial charge < -0.3 is 15.8 Å². The predicted octanol–water partition coefficient (Wildman–Crippen LogP) is 1.74. The maximum Gasteiger partial charge on any atom is 0.310 e. The van der Waals surface area contributed by atoms with Gasteiger partial charge in [0.1, 0.15) is 0 Å². The van der Waals surface area contributed by atoms with Crippen molar-refractivity contribution in [1.29, 1.82) is 0 Å². The third-order valence-corrected chi connectivity index (χ3v) is 3.55. The molecule has 0 amide bonds. The average molecular weight is 262 g/mol. The summed E-state index contributed by atoms with van der Waals surface area (Å²) in [4.78, 5) is 11.7. The van der Waals surface area contributed by atoms with Gasteiger partial charge in [-0.2, -0.15) is 0 Å². The van der Waals surface area contributed by atoms with E-state index >= 15 is 0 Å². The first-order chi connectivity index (χ1) is 9.24. The topological polar surface area (TPSA) is 64.4 Å². The SMILES string of the molecule is Nc1cccc(CC(=O)OCCC2CCNCC2)c1. The Labute approximate surface area is 114 Å². The minimum Gasteiger partial charge on any atom is -0.465 e. The summed E-state index contributed by atoms with van der Waals surface area (Å²) in [6, 6.07) is 7.37. The summed E-state index contributed by atoms with van der Waals surface area (Å²) in [5.41, 5.74) is 7.26. The summed E-state index contributed by atoms with van der Waals surface area (Å²) >= 11 is 0. The maximum atomic E-state index is 11.7. The van der Waals surface area contributed by atoms with Gasteiger partial charge in [-0.1, -0.05) is 12.1 Å². The molecule has 0 bridgehead atoms. The molecule has 0 saturated carbocycles. The van der Waals surface area contributed by atoms with Crippen LogP contribution in [0.15, 0.2) is 24.3 Å². The Morgan fingerprint density at radius 1 is 1.37 bits per heavy atom. The third kappa shape index (κ3) is 4.91. The van der Waals surface area contributed by atoms with Gasteiger partial charge in [0.2, 0.25) is 0 Å². The van der Waals surface area contributed by atoms with Crippen LogP contribution in [0.5, 0.6) is 0 Å². The number of anilines is 1. The molecule has 0 aliphatic carbocycles. The van der Waals surface area contributed by atoms with Crippen LogP contribution in [0.3, 0.4) is 0 Å². The van der Waals surface area contributed by atoms with E-state index in [9.17, 15) is 4.79 Å². The second-order valence-electron chi connectivity index (χ2n) is 5.12. The van der Waals surface area contributed by atoms with Gasteiger partial charge in [0.25, 0.3) is 0 Å². The van der Waals surface area contributed by atoms with Crippen LogP contribution in [0.4, 0.5) is 5.69 Å². The normalized spacial score (nSPS) is 16.2. The van der Waals surface area contributed by atoms with E-state index in [1.54, 1.807) is 0 Å². The Morgan fingerprint density at radius 2 is 2.16 bits per heavy atom. The highest BCUT2D eigenvalue weighted by molar-refractivity contribution is 5.72. The van der Waals surface area contributed by atoms with Crippen molar-refractivity contribution in [2.24, 2.45) is 5.92 Å². The van der Waals surface area contributed by atoms with Gasteiger partial charge in [-0.3, -0.25) is 4.79 Å². The van der Waals surface area contributed by atoms with Crippen LogP contribution in [-0.2, 0) is 16.0 Å². The molecule has 0 spiro atoms. The predicted molar refractivity (Wildman–Crippen MR) is 75.7 cm³/mol. The van der Waals surface area contributed by atoms with Crippen molar-refractivity contribution in [2.45, 2.75) is 25.7 Å². The lowest BCUT2D eigenvalue weighted by Crippen LogP contribution is -2.28. The molecule has 104 valence electrons. The largest absolute Gasteiger partial charge is 0.465 e. The van der Waals surface area contributed by atoms with Crippen LogP contribution in [0.2, 0.25) is 0 Å². The molecule has 3 N–H and O–H groups in total. The lowest BCUT2D eigenvalue weighted by atomic mass is 9.95. The van der Waals surface area contributed by atoms with E-state index in [4.69, 9.17) is 10.5 Å². The lowest BCUT2D eigenvalue weighted by molar-refractivity contribution is -0.143. The summed E-state index contributed by atoms with van der Waals surface area (Å²) in [7, 11) is 0. The first-order valence-electron chi connectivity index (χ1n) is 6.95. The second kappa shape index (κ2) is 7.14. The van der Waals surface area contributed by atoms with Crippen LogP contribution in [0, 0.1) is 5.92 Å². The molecule has 1 saturated heterocycles. The van der Waals surface area contributed by atoms with E-state index in [-0.39, 0.29) is 5.97 Å². The first-order valence-corrected chi connectivity index (χ1v) is 6.95. The molecule has 0 unspecified atom stereocenters. The summed E-state index contributed by atoms with van der Waals surface area (Å²) < 4.78 is 5.29. The molecule has 1 aliphatic heterocycles. The highest BCUT2D eigenvalue weighted by Crippen LogP contribution is 2.15. The maximum absolute atomic E-state index is 11.7. The van der Waals surface area contributed by atoms with Crippen LogP contribution in [0.25, 0.3) is 0 Å². The molecular formula is C15H22N2O2. The Bertz CT molecular complexity index is 414. The van der Waals surface area contributed by atoms with Gasteiger partial charge in [0, 0.05) is 5.69 Å². The minimum atomic E-state index is -0.167. The van der Waals surface area contributed by atoms with Crippen molar-refractivity contribution in [3.8, 4) is 0 Å². The zero-order valence-corrected chi connectivity index (χ0v) is 11.2. The number of piperidine rings is 1. The van der Waals surface area contributed by atoms with Gasteiger partial charge in [0.05, 0.1) is 13.0 Å². The molecule has 1 aromatic rings. The van der Waals surface area contributed by atoms with Crippen molar-refractivity contribution >= 4 is 11.7 Å². The fraction of sp³-hybridized carbons (Fsp3) is 0.533. The molecule has 1 fully saturated rings. The monoisotopic (exact) mass is 262 g/mol. The van der Waals surface area contributed by atoms with E-state index in [0.29, 0.717) is 24.6 Å². The molecule has 1 heterocycles. The molecule has 2 rings (SSSR count). The number of hydrogen-bond donors (Lipinski definition) is 2. The average Bonchev–Trinajstić information content (AvgIpc) is 2.40. The van der Waals surface area contributed by atoms with Crippen LogP contribution in [0.1, 0.15) is 24.8 Å². The molecule has 0 radical (unpaired) electrons. The smallest absolute Gasteiger partial charge is 0.310 e. The molecule has 19 heavy (non-hydrogen) atoms. The van der Waals surface area contributed by atoms with E-state index in [0.717, 1.165) is 25.1 Å². The Morgan fingerprint density at radius 3 is 2.89 bits per heavy atom. The zero-order chi connectivity index (χ0) is 13.5. The van der Waals surface area contributed by atoms with Crippen LogP contribution < -0.4 is 11.1 Å². The van der Waals surface area contributed by atoms with Gasteiger partial charge in [-0.25, -0.2) is 0 Å². The number of hydrogen-bond acceptors (Lipinski definition) is 4. The number of carbonyl (C=O) groups is 1. The van der Waals surface area contributed by atoms with Crippen molar-refractivity contribution in [3.63, 3.8) is 0 Å². The van der Waals surface area contributed by atoms with Crippen molar-refractivity contribution in [3.05, 3.63) is 29.8 Å². The quantitative estimate of drug-likeness (QED) is 0.627. The second-order valence-corrected chi connectivity index (χ2v) is 5.12. The Balaban J connectivity index is 1.67. The van der Waals surface area contributed by atoms with Crippen LogP contribution >= 0.6 is 0 Å². The zero-order valence-electron chi connectivity index (χ0n) is 11.2.